The maximum atomic E-state index is 12.2. The van der Waals surface area contributed by atoms with E-state index in [-0.39, 0.29) is 11.1 Å². The van der Waals surface area contributed by atoms with Gasteiger partial charge in [-0.25, -0.2) is 4.79 Å². The van der Waals surface area contributed by atoms with Crippen LogP contribution in [0.5, 0.6) is 0 Å². The molecule has 0 radical (unpaired) electrons. The van der Waals surface area contributed by atoms with Crippen LogP contribution in [0, 0.1) is 0 Å². The van der Waals surface area contributed by atoms with Crippen LogP contribution in [0.3, 0.4) is 0 Å². The summed E-state index contributed by atoms with van der Waals surface area (Å²) < 4.78 is 0. The van der Waals surface area contributed by atoms with E-state index in [1.807, 2.05) is 0 Å². The quantitative estimate of drug-likeness (QED) is 0.738. The molecule has 3 aromatic rings. The minimum atomic E-state index is -1.32. The number of H-pyrrole nitrogens is 1. The van der Waals surface area contributed by atoms with Gasteiger partial charge in [-0.05, 0) is 24.3 Å². The van der Waals surface area contributed by atoms with E-state index in [1.165, 1.54) is 0 Å². The second-order valence-electron chi connectivity index (χ2n) is 4.68. The number of hydrogen-bond acceptors (Lipinski definition) is 2. The van der Waals surface area contributed by atoms with Gasteiger partial charge in [-0.2, -0.15) is 0 Å². The van der Waals surface area contributed by atoms with Crippen LogP contribution in [-0.2, 0) is 0 Å². The molecule has 1 heterocycles. The smallest absolute Gasteiger partial charge is 0.342 e. The van der Waals surface area contributed by atoms with Crippen LogP contribution in [0.4, 0.5) is 0 Å². The Morgan fingerprint density at radius 1 is 1.09 bits per heavy atom. The zero-order valence-corrected chi connectivity index (χ0v) is 12.6. The molecule has 0 unspecified atom stereocenters. The fraction of sp³-hybridized carbons (Fsp3) is 0. The topological polar surface area (TPSA) is 70.2 Å². The van der Waals surface area contributed by atoms with Gasteiger partial charge in [-0.3, -0.25) is 4.79 Å². The lowest BCUT2D eigenvalue weighted by Gasteiger charge is -2.12. The molecule has 0 bridgehead atoms. The summed E-state index contributed by atoms with van der Waals surface area (Å²) in [6.45, 7) is 0. The summed E-state index contributed by atoms with van der Waals surface area (Å²) in [4.78, 5) is 26.3. The maximum Gasteiger partial charge on any atom is 0.342 e. The third-order valence-electron chi connectivity index (χ3n) is 3.33. The van der Waals surface area contributed by atoms with E-state index < -0.39 is 11.5 Å². The Morgan fingerprint density at radius 2 is 1.82 bits per heavy atom. The molecule has 0 aliphatic rings. The number of aromatic nitrogens is 1. The number of nitrogens with one attached hydrogen (secondary N) is 1. The average Bonchev–Trinajstić information content (AvgIpc) is 2.47. The van der Waals surface area contributed by atoms with Crippen LogP contribution in [0.2, 0.25) is 10.0 Å². The first-order valence-corrected chi connectivity index (χ1v) is 7.08. The van der Waals surface area contributed by atoms with Crippen molar-refractivity contribution in [2.45, 2.75) is 0 Å². The van der Waals surface area contributed by atoms with Crippen molar-refractivity contribution in [2.24, 2.45) is 0 Å². The molecule has 0 saturated carbocycles. The van der Waals surface area contributed by atoms with Gasteiger partial charge in [0.15, 0.2) is 0 Å². The summed E-state index contributed by atoms with van der Waals surface area (Å²) in [6, 6.07) is 11.6. The Kier molecular flexibility index (Phi) is 3.64. The van der Waals surface area contributed by atoms with Crippen molar-refractivity contribution >= 4 is 40.1 Å². The summed E-state index contributed by atoms with van der Waals surface area (Å²) in [7, 11) is 0. The lowest BCUT2D eigenvalue weighted by Crippen LogP contribution is -2.19. The molecule has 4 nitrogen and oxygen atoms in total. The largest absolute Gasteiger partial charge is 0.477 e. The fourth-order valence-corrected chi connectivity index (χ4v) is 2.82. The molecular weight excluding hydrogens is 325 g/mol. The fourth-order valence-electron chi connectivity index (χ4n) is 2.41. The molecule has 0 aliphatic carbocycles. The highest BCUT2D eigenvalue weighted by atomic mass is 35.5. The first-order chi connectivity index (χ1) is 10.5. The SMILES string of the molecule is O=C(O)c1c(-c2ccccc2Cl)c2cc(Cl)ccc2[nH]c1=O. The predicted octanol–water partition coefficient (Wildman–Crippen LogP) is 4.20. The number of carboxylic acid groups (broad SMARTS) is 1. The second-order valence-corrected chi connectivity index (χ2v) is 5.52. The first-order valence-electron chi connectivity index (χ1n) is 6.33. The zero-order chi connectivity index (χ0) is 15.9. The van der Waals surface area contributed by atoms with Gasteiger partial charge in [0.2, 0.25) is 0 Å². The van der Waals surface area contributed by atoms with Gasteiger partial charge in [-0.15, -0.1) is 0 Å². The highest BCUT2D eigenvalue weighted by Crippen LogP contribution is 2.35. The summed E-state index contributed by atoms with van der Waals surface area (Å²) in [5.74, 6) is -1.32. The lowest BCUT2D eigenvalue weighted by atomic mass is 9.96. The zero-order valence-electron chi connectivity index (χ0n) is 11.1. The van der Waals surface area contributed by atoms with Crippen LogP contribution < -0.4 is 5.56 Å². The van der Waals surface area contributed by atoms with Crippen LogP contribution in [0.15, 0.2) is 47.3 Å². The van der Waals surface area contributed by atoms with Crippen molar-refractivity contribution in [1.29, 1.82) is 0 Å². The third kappa shape index (κ3) is 2.36. The first kappa shape index (κ1) is 14.6. The third-order valence-corrected chi connectivity index (χ3v) is 3.90. The molecule has 110 valence electrons. The number of rotatable bonds is 2. The van der Waals surface area contributed by atoms with E-state index >= 15 is 0 Å². The molecule has 0 fully saturated rings. The maximum absolute atomic E-state index is 12.2. The van der Waals surface area contributed by atoms with Gasteiger partial charge in [-0.1, -0.05) is 41.4 Å². The van der Waals surface area contributed by atoms with Gasteiger partial charge in [0.1, 0.15) is 5.56 Å². The van der Waals surface area contributed by atoms with Crippen LogP contribution in [0.1, 0.15) is 10.4 Å². The highest BCUT2D eigenvalue weighted by molar-refractivity contribution is 6.34. The number of aromatic carboxylic acids is 1. The Labute approximate surface area is 134 Å². The number of halogens is 2. The molecule has 2 aromatic carbocycles. The van der Waals surface area contributed by atoms with E-state index in [2.05, 4.69) is 4.98 Å². The van der Waals surface area contributed by atoms with E-state index in [0.717, 1.165) is 0 Å². The van der Waals surface area contributed by atoms with Crippen molar-refractivity contribution in [3.05, 3.63) is 68.4 Å². The molecule has 6 heteroatoms. The van der Waals surface area contributed by atoms with Gasteiger partial charge < -0.3 is 10.1 Å². The standard InChI is InChI=1S/C16H9Cl2NO3/c17-8-5-6-12-10(7-8)13(9-3-1-2-4-11(9)18)14(16(21)22)15(20)19-12/h1-7H,(H,19,20)(H,21,22). The van der Waals surface area contributed by atoms with Crippen molar-refractivity contribution in [3.63, 3.8) is 0 Å². The molecule has 0 atom stereocenters. The van der Waals surface area contributed by atoms with Crippen molar-refractivity contribution in [1.82, 2.24) is 4.98 Å². The number of benzene rings is 2. The summed E-state index contributed by atoms with van der Waals surface area (Å²) >= 11 is 12.2. The Hall–Kier alpha value is -2.30. The summed E-state index contributed by atoms with van der Waals surface area (Å²) in [6.07, 6.45) is 0. The van der Waals surface area contributed by atoms with E-state index in [4.69, 9.17) is 23.2 Å². The Morgan fingerprint density at radius 3 is 2.50 bits per heavy atom. The molecule has 2 N–H and O–H groups in total. The molecular formula is C16H9Cl2NO3. The molecule has 22 heavy (non-hydrogen) atoms. The number of carbonyl (C=O) groups is 1. The Bertz CT molecular complexity index is 963. The van der Waals surface area contributed by atoms with Crippen molar-refractivity contribution < 1.29 is 9.90 Å². The lowest BCUT2D eigenvalue weighted by molar-refractivity contribution is 0.0696. The van der Waals surface area contributed by atoms with Crippen LogP contribution in [-0.4, -0.2) is 16.1 Å². The average molecular weight is 334 g/mol. The summed E-state index contributed by atoms with van der Waals surface area (Å²) in [5, 5.41) is 10.7. The van der Waals surface area contributed by atoms with Crippen molar-refractivity contribution in [3.8, 4) is 11.1 Å². The molecule has 0 amide bonds. The van der Waals surface area contributed by atoms with Crippen molar-refractivity contribution in [2.75, 3.05) is 0 Å². The molecule has 0 aliphatic heterocycles. The molecule has 3 rings (SSSR count). The molecule has 0 saturated heterocycles. The molecule has 0 spiro atoms. The van der Waals surface area contributed by atoms with E-state index in [9.17, 15) is 14.7 Å². The highest BCUT2D eigenvalue weighted by Gasteiger charge is 2.21. The normalized spacial score (nSPS) is 10.8. The number of carboxylic acids is 1. The van der Waals surface area contributed by atoms with Gasteiger partial charge >= 0.3 is 5.97 Å². The number of hydrogen-bond donors (Lipinski definition) is 2. The monoisotopic (exact) mass is 333 g/mol. The van der Waals surface area contributed by atoms with Crippen LogP contribution >= 0.6 is 23.2 Å². The number of fused-ring (bicyclic) bond motifs is 1. The number of pyridine rings is 1. The minimum absolute atomic E-state index is 0.263. The summed E-state index contributed by atoms with van der Waals surface area (Å²) in [5.41, 5.74) is 0.189. The van der Waals surface area contributed by atoms with Gasteiger partial charge in [0.25, 0.3) is 5.56 Å². The van der Waals surface area contributed by atoms with Gasteiger partial charge in [0, 0.05) is 32.1 Å². The Balaban J connectivity index is 2.57. The van der Waals surface area contributed by atoms with E-state index in [0.29, 0.717) is 26.5 Å². The second kappa shape index (κ2) is 5.48. The predicted molar refractivity (Wildman–Crippen MR) is 87.0 cm³/mol. The minimum Gasteiger partial charge on any atom is -0.477 e. The number of aromatic amines is 1. The molecule has 1 aromatic heterocycles. The van der Waals surface area contributed by atoms with Gasteiger partial charge in [0.05, 0.1) is 0 Å². The van der Waals surface area contributed by atoms with Crippen LogP contribution in [0.25, 0.3) is 22.0 Å². The van der Waals surface area contributed by atoms with E-state index in [1.54, 1.807) is 42.5 Å².